The molecule has 4 heteroatoms. The van der Waals surface area contributed by atoms with E-state index in [9.17, 15) is 9.59 Å². The van der Waals surface area contributed by atoms with Crippen molar-refractivity contribution in [2.75, 3.05) is 0 Å². The number of carbonyl (C=O) groups excluding carboxylic acids is 2. The maximum absolute atomic E-state index is 12.1. The summed E-state index contributed by atoms with van der Waals surface area (Å²) in [4.78, 5) is 29.7. The average molecular weight is 281 g/mol. The zero-order chi connectivity index (χ0) is 15.0. The first kappa shape index (κ1) is 13.5. The van der Waals surface area contributed by atoms with E-state index in [1.807, 2.05) is 26.0 Å². The Bertz CT molecular complexity index is 681. The van der Waals surface area contributed by atoms with Crippen molar-refractivity contribution in [3.8, 4) is 0 Å². The van der Waals surface area contributed by atoms with E-state index < -0.39 is 11.8 Å². The highest BCUT2D eigenvalue weighted by Crippen LogP contribution is 2.23. The first-order valence-corrected chi connectivity index (χ1v) is 6.74. The van der Waals surface area contributed by atoms with Crippen LogP contribution >= 0.6 is 0 Å². The highest BCUT2D eigenvalue weighted by Gasteiger charge is 2.36. The van der Waals surface area contributed by atoms with Gasteiger partial charge >= 0.3 is 0 Å². The van der Waals surface area contributed by atoms with Crippen LogP contribution in [0.4, 0.5) is 0 Å². The molecule has 0 saturated heterocycles. The summed E-state index contributed by atoms with van der Waals surface area (Å²) in [5.41, 5.74) is 3.96. The number of hydrogen-bond donors (Lipinski definition) is 0. The molecule has 1 heterocycles. The van der Waals surface area contributed by atoms with E-state index in [0.717, 1.165) is 21.8 Å². The second-order valence-electron chi connectivity index (χ2n) is 5.22. The third kappa shape index (κ3) is 2.45. The van der Waals surface area contributed by atoms with Gasteiger partial charge in [0.1, 0.15) is 6.61 Å². The number of nitrogens with zero attached hydrogens (tertiary/aromatic N) is 1. The largest absolute Gasteiger partial charge is 0.285 e. The van der Waals surface area contributed by atoms with Crippen LogP contribution in [0.3, 0.4) is 0 Å². The second-order valence-corrected chi connectivity index (χ2v) is 5.22. The fourth-order valence-corrected chi connectivity index (χ4v) is 2.58. The lowest BCUT2D eigenvalue weighted by Gasteiger charge is -2.14. The van der Waals surface area contributed by atoms with Crippen molar-refractivity contribution in [3.05, 3.63) is 70.3 Å². The molecule has 0 aliphatic carbocycles. The molecule has 0 atom stereocenters. The van der Waals surface area contributed by atoms with Gasteiger partial charge in [-0.3, -0.25) is 14.4 Å². The molecule has 0 bridgehead atoms. The summed E-state index contributed by atoms with van der Waals surface area (Å²) >= 11 is 0. The van der Waals surface area contributed by atoms with Crippen LogP contribution in [0.5, 0.6) is 0 Å². The number of fused-ring (bicyclic) bond motifs is 1. The molecule has 3 rings (SSSR count). The van der Waals surface area contributed by atoms with E-state index in [1.54, 1.807) is 24.3 Å². The van der Waals surface area contributed by atoms with Gasteiger partial charge in [-0.05, 0) is 31.5 Å². The number of imide groups is 1. The van der Waals surface area contributed by atoms with Gasteiger partial charge in [-0.1, -0.05) is 41.5 Å². The molecule has 0 aromatic heterocycles. The minimum absolute atomic E-state index is 0.188. The van der Waals surface area contributed by atoms with Crippen molar-refractivity contribution in [1.82, 2.24) is 5.06 Å². The molecule has 0 saturated carbocycles. The van der Waals surface area contributed by atoms with E-state index >= 15 is 0 Å². The van der Waals surface area contributed by atoms with Crippen LogP contribution in [0.2, 0.25) is 0 Å². The van der Waals surface area contributed by atoms with Crippen LogP contribution < -0.4 is 0 Å². The van der Waals surface area contributed by atoms with Gasteiger partial charge in [-0.2, -0.15) is 0 Å². The Labute approximate surface area is 122 Å². The first-order valence-electron chi connectivity index (χ1n) is 6.74. The quantitative estimate of drug-likeness (QED) is 0.812. The van der Waals surface area contributed by atoms with Crippen LogP contribution in [0.25, 0.3) is 0 Å². The van der Waals surface area contributed by atoms with Gasteiger partial charge in [0, 0.05) is 0 Å². The van der Waals surface area contributed by atoms with Gasteiger partial charge < -0.3 is 0 Å². The van der Waals surface area contributed by atoms with Crippen molar-refractivity contribution in [3.63, 3.8) is 0 Å². The maximum atomic E-state index is 12.1. The van der Waals surface area contributed by atoms with E-state index in [2.05, 4.69) is 6.07 Å². The van der Waals surface area contributed by atoms with Crippen molar-refractivity contribution < 1.29 is 14.4 Å². The molecule has 0 radical (unpaired) electrons. The van der Waals surface area contributed by atoms with Crippen molar-refractivity contribution in [2.24, 2.45) is 0 Å². The molecule has 2 amide bonds. The molecule has 0 spiro atoms. The van der Waals surface area contributed by atoms with Gasteiger partial charge in [0.2, 0.25) is 0 Å². The Morgan fingerprint density at radius 2 is 1.43 bits per heavy atom. The summed E-state index contributed by atoms with van der Waals surface area (Å²) in [7, 11) is 0. The SMILES string of the molecule is Cc1cc(C)cc(CON2C(=O)c3ccccc3C2=O)c1. The number of aryl methyl sites for hydroxylation is 2. The van der Waals surface area contributed by atoms with Crippen molar-refractivity contribution >= 4 is 11.8 Å². The van der Waals surface area contributed by atoms with Crippen LogP contribution in [-0.4, -0.2) is 16.9 Å². The Hall–Kier alpha value is -2.46. The lowest BCUT2D eigenvalue weighted by molar-refractivity contribution is -0.101. The smallest absolute Gasteiger partial charge is 0.266 e. The fourth-order valence-electron chi connectivity index (χ4n) is 2.58. The number of rotatable bonds is 3. The molecule has 1 aliphatic heterocycles. The predicted octanol–water partition coefficient (Wildman–Crippen LogP) is 3.03. The van der Waals surface area contributed by atoms with Gasteiger partial charge in [-0.15, -0.1) is 5.06 Å². The third-order valence-electron chi connectivity index (χ3n) is 3.40. The lowest BCUT2D eigenvalue weighted by atomic mass is 10.1. The first-order chi connectivity index (χ1) is 10.1. The summed E-state index contributed by atoms with van der Waals surface area (Å²) < 4.78 is 0. The summed E-state index contributed by atoms with van der Waals surface area (Å²) in [6.07, 6.45) is 0. The summed E-state index contributed by atoms with van der Waals surface area (Å²) in [6, 6.07) is 12.8. The third-order valence-corrected chi connectivity index (χ3v) is 3.40. The normalized spacial score (nSPS) is 13.7. The van der Waals surface area contributed by atoms with Crippen molar-refractivity contribution in [1.29, 1.82) is 0 Å². The summed E-state index contributed by atoms with van der Waals surface area (Å²) in [5, 5.41) is 0.850. The monoisotopic (exact) mass is 281 g/mol. The highest BCUT2D eigenvalue weighted by atomic mass is 16.7. The van der Waals surface area contributed by atoms with Crippen LogP contribution in [0, 0.1) is 13.8 Å². The number of benzene rings is 2. The van der Waals surface area contributed by atoms with Crippen LogP contribution in [-0.2, 0) is 11.4 Å². The zero-order valence-corrected chi connectivity index (χ0v) is 11.9. The Balaban J connectivity index is 1.78. The molecule has 21 heavy (non-hydrogen) atoms. The Morgan fingerprint density at radius 1 is 0.905 bits per heavy atom. The zero-order valence-electron chi connectivity index (χ0n) is 11.9. The molecule has 0 fully saturated rings. The van der Waals surface area contributed by atoms with E-state index in [1.165, 1.54) is 0 Å². The standard InChI is InChI=1S/C17H15NO3/c1-11-7-12(2)9-13(8-11)10-21-18-16(19)14-5-3-4-6-15(14)17(18)20/h3-9H,10H2,1-2H3. The van der Waals surface area contributed by atoms with E-state index in [-0.39, 0.29) is 6.61 Å². The molecular formula is C17H15NO3. The van der Waals surface area contributed by atoms with Crippen LogP contribution in [0.15, 0.2) is 42.5 Å². The maximum Gasteiger partial charge on any atom is 0.285 e. The average Bonchev–Trinajstić information content (AvgIpc) is 2.69. The summed E-state index contributed by atoms with van der Waals surface area (Å²) in [5.74, 6) is -0.806. The van der Waals surface area contributed by atoms with E-state index in [4.69, 9.17) is 4.84 Å². The molecule has 0 N–H and O–H groups in total. The molecule has 106 valence electrons. The fraction of sp³-hybridized carbons (Fsp3) is 0.176. The van der Waals surface area contributed by atoms with Gasteiger partial charge in [0.05, 0.1) is 11.1 Å². The lowest BCUT2D eigenvalue weighted by Crippen LogP contribution is -2.29. The van der Waals surface area contributed by atoms with E-state index in [0.29, 0.717) is 11.1 Å². The molecule has 2 aromatic rings. The van der Waals surface area contributed by atoms with Crippen molar-refractivity contribution in [2.45, 2.75) is 20.5 Å². The Morgan fingerprint density at radius 3 is 1.95 bits per heavy atom. The number of hydrogen-bond acceptors (Lipinski definition) is 3. The van der Waals surface area contributed by atoms with Gasteiger partial charge in [0.25, 0.3) is 11.8 Å². The van der Waals surface area contributed by atoms with Crippen LogP contribution in [0.1, 0.15) is 37.4 Å². The second kappa shape index (κ2) is 5.14. The van der Waals surface area contributed by atoms with Gasteiger partial charge in [-0.25, -0.2) is 0 Å². The molecule has 0 unspecified atom stereocenters. The highest BCUT2D eigenvalue weighted by molar-refractivity contribution is 6.20. The minimum atomic E-state index is -0.403. The Kier molecular flexibility index (Phi) is 3.31. The molecular weight excluding hydrogens is 266 g/mol. The molecule has 4 nitrogen and oxygen atoms in total. The van der Waals surface area contributed by atoms with Gasteiger partial charge in [0.15, 0.2) is 0 Å². The minimum Gasteiger partial charge on any atom is -0.266 e. The molecule has 1 aliphatic rings. The number of amides is 2. The topological polar surface area (TPSA) is 46.6 Å². The number of hydroxylamine groups is 2. The predicted molar refractivity (Wildman–Crippen MR) is 77.6 cm³/mol. The summed E-state index contributed by atoms with van der Waals surface area (Å²) in [6.45, 7) is 4.19. The molecule has 2 aromatic carbocycles. The number of carbonyl (C=O) groups is 2.